The summed E-state index contributed by atoms with van der Waals surface area (Å²) in [5.74, 6) is -0.721. The van der Waals surface area contributed by atoms with Gasteiger partial charge in [0.2, 0.25) is 5.78 Å². The molecule has 7 nitrogen and oxygen atoms in total. The van der Waals surface area contributed by atoms with Crippen LogP contribution in [-0.2, 0) is 26.0 Å². The third kappa shape index (κ3) is 3.15. The number of nitrogens with one attached hydrogen (secondary N) is 1. The Kier molecular flexibility index (Phi) is 4.45. The molecule has 1 aliphatic heterocycles. The van der Waals surface area contributed by atoms with Gasteiger partial charge in [-0.1, -0.05) is 0 Å². The zero-order valence-electron chi connectivity index (χ0n) is 14.6. The third-order valence-corrected chi connectivity index (χ3v) is 6.00. The number of sulfonamides is 1. The summed E-state index contributed by atoms with van der Waals surface area (Å²) < 4.78 is 32.3. The van der Waals surface area contributed by atoms with E-state index in [9.17, 15) is 18.0 Å². The maximum absolute atomic E-state index is 13.0. The Balaban J connectivity index is 2.00. The molecule has 26 heavy (non-hydrogen) atoms. The van der Waals surface area contributed by atoms with Gasteiger partial charge in [0, 0.05) is 25.2 Å². The van der Waals surface area contributed by atoms with Crippen molar-refractivity contribution in [3.63, 3.8) is 0 Å². The van der Waals surface area contributed by atoms with Crippen molar-refractivity contribution in [1.29, 1.82) is 0 Å². The highest BCUT2D eigenvalue weighted by Crippen LogP contribution is 2.30. The fourth-order valence-electron chi connectivity index (χ4n) is 2.77. The summed E-state index contributed by atoms with van der Waals surface area (Å²) in [6.07, 6.45) is -0.119. The fraction of sp³-hybridized carbons (Fsp3) is 0.222. The fourth-order valence-corrected chi connectivity index (χ4v) is 4.00. The van der Waals surface area contributed by atoms with Crippen LogP contribution in [0.1, 0.15) is 11.1 Å². The summed E-state index contributed by atoms with van der Waals surface area (Å²) in [6.45, 7) is 1.85. The second-order valence-electron chi connectivity index (χ2n) is 6.05. The maximum atomic E-state index is 13.0. The lowest BCUT2D eigenvalue weighted by Gasteiger charge is -2.22. The van der Waals surface area contributed by atoms with Gasteiger partial charge in [-0.05, 0) is 48.4 Å². The maximum Gasteiger partial charge on any atom is 0.292 e. The topological polar surface area (TPSA) is 92.8 Å². The number of rotatable bonds is 4. The van der Waals surface area contributed by atoms with Gasteiger partial charge in [-0.2, -0.15) is 0 Å². The lowest BCUT2D eigenvalue weighted by Crippen LogP contribution is -2.31. The molecule has 1 N–H and O–H groups in total. The van der Waals surface area contributed by atoms with Crippen LogP contribution in [-0.4, -0.2) is 34.3 Å². The van der Waals surface area contributed by atoms with Crippen LogP contribution < -0.4 is 14.4 Å². The van der Waals surface area contributed by atoms with E-state index in [1.807, 2.05) is 6.92 Å². The molecular formula is C18H18N2O5S. The monoisotopic (exact) mass is 374 g/mol. The smallest absolute Gasteiger partial charge is 0.292 e. The van der Waals surface area contributed by atoms with E-state index in [4.69, 9.17) is 4.74 Å². The lowest BCUT2D eigenvalue weighted by molar-refractivity contribution is -0.134. The number of fused-ring (bicyclic) bond motifs is 1. The highest BCUT2D eigenvalue weighted by molar-refractivity contribution is 7.92. The van der Waals surface area contributed by atoms with Gasteiger partial charge in [0.05, 0.1) is 17.7 Å². The number of Topliss-reactive ketones (excluding diaryl/α,β-unsaturated/α-hetero) is 1. The second-order valence-corrected chi connectivity index (χ2v) is 8.02. The van der Waals surface area contributed by atoms with Gasteiger partial charge in [0.1, 0.15) is 5.75 Å². The predicted molar refractivity (Wildman–Crippen MR) is 97.1 cm³/mol. The van der Waals surface area contributed by atoms with E-state index in [1.54, 1.807) is 18.2 Å². The number of nitrogens with zero attached hydrogens (tertiary/aromatic N) is 1. The molecular weight excluding hydrogens is 356 g/mol. The van der Waals surface area contributed by atoms with Crippen LogP contribution >= 0.6 is 0 Å². The third-order valence-electron chi connectivity index (χ3n) is 4.22. The molecule has 2 aromatic rings. The second kappa shape index (κ2) is 6.45. The number of carbonyl (C=O) groups is 2. The summed E-state index contributed by atoms with van der Waals surface area (Å²) >= 11 is 0. The van der Waals surface area contributed by atoms with Crippen molar-refractivity contribution in [2.24, 2.45) is 0 Å². The molecule has 136 valence electrons. The van der Waals surface area contributed by atoms with Gasteiger partial charge < -0.3 is 10.1 Å². The largest absolute Gasteiger partial charge is 0.497 e. The van der Waals surface area contributed by atoms with Crippen LogP contribution in [0.15, 0.2) is 41.3 Å². The van der Waals surface area contributed by atoms with Crippen molar-refractivity contribution in [3.05, 3.63) is 47.5 Å². The van der Waals surface area contributed by atoms with Crippen LogP contribution in [0.4, 0.5) is 11.4 Å². The molecule has 0 spiro atoms. The molecule has 1 amide bonds. The molecule has 0 aromatic heterocycles. The summed E-state index contributed by atoms with van der Waals surface area (Å²) in [5, 5.41) is 2.46. The first-order valence-corrected chi connectivity index (χ1v) is 9.28. The van der Waals surface area contributed by atoms with Crippen molar-refractivity contribution < 1.29 is 22.7 Å². The predicted octanol–water partition coefficient (Wildman–Crippen LogP) is 1.89. The van der Waals surface area contributed by atoms with Gasteiger partial charge in [-0.15, -0.1) is 0 Å². The average molecular weight is 374 g/mol. The van der Waals surface area contributed by atoms with E-state index >= 15 is 0 Å². The van der Waals surface area contributed by atoms with Gasteiger partial charge in [0.15, 0.2) is 0 Å². The minimum absolute atomic E-state index is 0.0446. The molecule has 0 atom stereocenters. The summed E-state index contributed by atoms with van der Waals surface area (Å²) in [6, 6.07) is 9.50. The molecule has 0 bridgehead atoms. The van der Waals surface area contributed by atoms with Crippen molar-refractivity contribution in [3.8, 4) is 5.75 Å². The van der Waals surface area contributed by atoms with Gasteiger partial charge in [-0.3, -0.25) is 13.9 Å². The Morgan fingerprint density at radius 1 is 1.12 bits per heavy atom. The van der Waals surface area contributed by atoms with E-state index < -0.39 is 21.7 Å². The standard InChI is InChI=1S/C18H18N2O5S/c1-11-6-13(10-14(7-11)25-3)20(2)26(23,24)15-4-5-16-12(8-15)9-17(21)18(22)19-16/h4-8,10H,9H2,1-3H3,(H,19,22). The van der Waals surface area contributed by atoms with Crippen molar-refractivity contribution in [2.75, 3.05) is 23.8 Å². The molecule has 0 saturated carbocycles. The number of ketones is 1. The van der Waals surface area contributed by atoms with Crippen LogP contribution in [0.25, 0.3) is 0 Å². The van der Waals surface area contributed by atoms with Crippen LogP contribution in [0.2, 0.25) is 0 Å². The van der Waals surface area contributed by atoms with Gasteiger partial charge in [0.25, 0.3) is 15.9 Å². The molecule has 2 aromatic carbocycles. The molecule has 3 rings (SSSR count). The van der Waals surface area contributed by atoms with E-state index in [0.29, 0.717) is 22.7 Å². The van der Waals surface area contributed by atoms with Crippen LogP contribution in [0, 0.1) is 6.92 Å². The molecule has 0 fully saturated rings. The van der Waals surface area contributed by atoms with Crippen molar-refractivity contribution in [2.45, 2.75) is 18.2 Å². The molecule has 8 heteroatoms. The van der Waals surface area contributed by atoms with Crippen LogP contribution in [0.3, 0.4) is 0 Å². The Bertz CT molecular complexity index is 1010. The highest BCUT2D eigenvalue weighted by Gasteiger charge is 2.27. The number of carbonyl (C=O) groups excluding carboxylic acids is 2. The number of anilines is 2. The summed E-state index contributed by atoms with van der Waals surface area (Å²) in [5.41, 5.74) is 2.25. The first kappa shape index (κ1) is 17.9. The van der Waals surface area contributed by atoms with Gasteiger partial charge >= 0.3 is 0 Å². The van der Waals surface area contributed by atoms with E-state index in [-0.39, 0.29) is 11.3 Å². The molecule has 0 aliphatic carbocycles. The number of ether oxygens (including phenoxy) is 1. The summed E-state index contributed by atoms with van der Waals surface area (Å²) in [4.78, 5) is 23.1. The first-order valence-electron chi connectivity index (χ1n) is 7.84. The molecule has 1 heterocycles. The number of amides is 1. The van der Waals surface area contributed by atoms with Crippen molar-refractivity contribution >= 4 is 33.1 Å². The number of aryl methyl sites for hydroxylation is 1. The van der Waals surface area contributed by atoms with E-state index in [2.05, 4.69) is 5.32 Å². The Morgan fingerprint density at radius 3 is 2.54 bits per heavy atom. The van der Waals surface area contributed by atoms with Crippen LogP contribution in [0.5, 0.6) is 5.75 Å². The van der Waals surface area contributed by atoms with Crippen molar-refractivity contribution in [1.82, 2.24) is 0 Å². The minimum Gasteiger partial charge on any atom is -0.497 e. The van der Waals surface area contributed by atoms with E-state index in [1.165, 1.54) is 32.4 Å². The SMILES string of the molecule is COc1cc(C)cc(N(C)S(=O)(=O)c2ccc3c(c2)CC(=O)C(=O)N3)c1. The Hall–Kier alpha value is -2.87. The quantitative estimate of drug-likeness (QED) is 0.825. The average Bonchev–Trinajstić information content (AvgIpc) is 2.61. The highest BCUT2D eigenvalue weighted by atomic mass is 32.2. The number of methoxy groups -OCH3 is 1. The number of hydrogen-bond acceptors (Lipinski definition) is 5. The lowest BCUT2D eigenvalue weighted by atomic mass is 10.0. The molecule has 0 radical (unpaired) electrons. The molecule has 0 unspecified atom stereocenters. The number of benzene rings is 2. The van der Waals surface area contributed by atoms with Gasteiger partial charge in [-0.25, -0.2) is 8.42 Å². The molecule has 1 aliphatic rings. The zero-order chi connectivity index (χ0) is 19.1. The van der Waals surface area contributed by atoms with E-state index in [0.717, 1.165) is 9.87 Å². The Labute approximate surface area is 151 Å². The first-order chi connectivity index (χ1) is 12.2. The zero-order valence-corrected chi connectivity index (χ0v) is 15.4. The summed E-state index contributed by atoms with van der Waals surface area (Å²) in [7, 11) is -0.874. The molecule has 0 saturated heterocycles. The number of hydrogen-bond donors (Lipinski definition) is 1. The normalized spacial score (nSPS) is 13.8. The Morgan fingerprint density at radius 2 is 1.85 bits per heavy atom. The minimum atomic E-state index is -3.84.